The Morgan fingerprint density at radius 2 is 1.74 bits per heavy atom. The number of ether oxygens (including phenoxy) is 4. The number of phenols is 1. The van der Waals surface area contributed by atoms with Crippen molar-refractivity contribution in [2.24, 2.45) is 0 Å². The Labute approximate surface area is 249 Å². The molecule has 0 amide bonds. The maximum atomic E-state index is 9.89. The minimum atomic E-state index is -0.318. The lowest BCUT2D eigenvalue weighted by Crippen LogP contribution is -2.46. The van der Waals surface area contributed by atoms with Gasteiger partial charge in [-0.1, -0.05) is 24.3 Å². The second kappa shape index (κ2) is 12.9. The molecule has 2 heterocycles. The van der Waals surface area contributed by atoms with E-state index >= 15 is 0 Å². The fourth-order valence-electron chi connectivity index (χ4n) is 6.74. The molecule has 0 radical (unpaired) electrons. The molecule has 0 saturated carbocycles. The van der Waals surface area contributed by atoms with Gasteiger partial charge in [0.15, 0.2) is 5.79 Å². The molecule has 7 nitrogen and oxygen atoms in total. The van der Waals surface area contributed by atoms with E-state index < -0.39 is 0 Å². The number of piperidine rings is 1. The number of phenolic OH excluding ortho intramolecular Hbond substituents is 1. The zero-order valence-corrected chi connectivity index (χ0v) is 24.9. The number of anilines is 1. The van der Waals surface area contributed by atoms with Crippen LogP contribution in [0.4, 0.5) is 5.69 Å². The van der Waals surface area contributed by atoms with Crippen molar-refractivity contribution in [1.29, 1.82) is 0 Å². The summed E-state index contributed by atoms with van der Waals surface area (Å²) >= 11 is 0. The topological polar surface area (TPSA) is 72.4 Å². The van der Waals surface area contributed by atoms with E-state index in [2.05, 4.69) is 65.7 Å². The van der Waals surface area contributed by atoms with Crippen molar-refractivity contribution >= 4 is 5.69 Å². The van der Waals surface area contributed by atoms with Crippen LogP contribution in [0.15, 0.2) is 60.7 Å². The van der Waals surface area contributed by atoms with Crippen LogP contribution in [0.1, 0.15) is 54.4 Å². The van der Waals surface area contributed by atoms with E-state index in [0.717, 1.165) is 88.6 Å². The molecule has 2 unspecified atom stereocenters. The molecule has 7 heteroatoms. The summed E-state index contributed by atoms with van der Waals surface area (Å²) in [5.41, 5.74) is 6.35. The molecule has 2 N–H and O–H groups in total. The second-order valence-electron chi connectivity index (χ2n) is 12.0. The number of aryl methyl sites for hydroxylation is 1. The molecule has 1 spiro atoms. The SMILES string of the molecule is COc1ccc(C2CCc3cc(O)ccc3C2)c(NC(C)Cc2ccc(OCCN3CCC4(CC3)OCCO4)cc2)c1. The predicted octanol–water partition coefficient (Wildman–Crippen LogP) is 5.93. The number of likely N-dealkylation sites (tertiary alicyclic amines) is 1. The molecule has 3 aromatic carbocycles. The van der Waals surface area contributed by atoms with Crippen molar-refractivity contribution in [3.8, 4) is 17.2 Å². The van der Waals surface area contributed by atoms with Crippen molar-refractivity contribution in [1.82, 2.24) is 4.90 Å². The van der Waals surface area contributed by atoms with Crippen molar-refractivity contribution in [2.45, 2.75) is 63.2 Å². The number of hydrogen-bond donors (Lipinski definition) is 2. The summed E-state index contributed by atoms with van der Waals surface area (Å²) in [6.07, 6.45) is 5.80. The second-order valence-corrected chi connectivity index (χ2v) is 12.0. The van der Waals surface area contributed by atoms with Gasteiger partial charge in [0.25, 0.3) is 0 Å². The summed E-state index contributed by atoms with van der Waals surface area (Å²) < 4.78 is 23.3. The summed E-state index contributed by atoms with van der Waals surface area (Å²) in [5, 5.41) is 13.7. The lowest BCUT2D eigenvalue weighted by atomic mass is 9.79. The predicted molar refractivity (Wildman–Crippen MR) is 165 cm³/mol. The average molecular weight is 573 g/mol. The third kappa shape index (κ3) is 6.86. The highest BCUT2D eigenvalue weighted by molar-refractivity contribution is 5.58. The quantitative estimate of drug-likeness (QED) is 0.312. The maximum Gasteiger partial charge on any atom is 0.170 e. The lowest BCUT2D eigenvalue weighted by molar-refractivity contribution is -0.185. The van der Waals surface area contributed by atoms with Crippen molar-refractivity contribution in [2.75, 3.05) is 51.9 Å². The molecule has 0 aromatic heterocycles. The molecular formula is C35H44N2O5. The highest BCUT2D eigenvalue weighted by Gasteiger charge is 2.39. The number of fused-ring (bicyclic) bond motifs is 1. The number of nitrogens with zero attached hydrogens (tertiary/aromatic N) is 1. The largest absolute Gasteiger partial charge is 0.508 e. The van der Waals surface area contributed by atoms with Gasteiger partial charge in [-0.05, 0) is 91.1 Å². The van der Waals surface area contributed by atoms with Crippen LogP contribution >= 0.6 is 0 Å². The molecule has 2 fully saturated rings. The molecule has 224 valence electrons. The molecule has 0 bridgehead atoms. The van der Waals surface area contributed by atoms with E-state index in [1.165, 1.54) is 22.3 Å². The molecule has 1 aliphatic carbocycles. The van der Waals surface area contributed by atoms with Gasteiger partial charge in [0, 0.05) is 50.3 Å². The van der Waals surface area contributed by atoms with Crippen LogP contribution in [0, 0.1) is 0 Å². The van der Waals surface area contributed by atoms with E-state index in [1.807, 2.05) is 6.07 Å². The van der Waals surface area contributed by atoms with Gasteiger partial charge in [-0.25, -0.2) is 0 Å². The molecule has 2 atom stereocenters. The number of methoxy groups -OCH3 is 1. The first kappa shape index (κ1) is 28.8. The number of benzene rings is 3. The van der Waals surface area contributed by atoms with Crippen molar-refractivity contribution < 1.29 is 24.1 Å². The Balaban J connectivity index is 1.01. The minimum absolute atomic E-state index is 0.241. The Kier molecular flexibility index (Phi) is 8.89. The number of aromatic hydroxyl groups is 1. The number of rotatable bonds is 10. The fraction of sp³-hybridized carbons (Fsp3) is 0.486. The van der Waals surface area contributed by atoms with Crippen LogP contribution < -0.4 is 14.8 Å². The van der Waals surface area contributed by atoms with Crippen LogP contribution in [0.2, 0.25) is 0 Å². The van der Waals surface area contributed by atoms with E-state index in [0.29, 0.717) is 18.3 Å². The van der Waals surface area contributed by atoms with Crippen LogP contribution in [-0.2, 0) is 28.7 Å². The zero-order chi connectivity index (χ0) is 28.9. The number of nitrogens with one attached hydrogen (secondary N) is 1. The van der Waals surface area contributed by atoms with Gasteiger partial charge < -0.3 is 29.4 Å². The summed E-state index contributed by atoms with van der Waals surface area (Å²) in [7, 11) is 1.72. The summed E-state index contributed by atoms with van der Waals surface area (Å²) in [6.45, 7) is 7.24. The monoisotopic (exact) mass is 572 g/mol. The number of hydrogen-bond acceptors (Lipinski definition) is 7. The summed E-state index contributed by atoms with van der Waals surface area (Å²) in [5.74, 6) is 2.24. The third-order valence-corrected chi connectivity index (χ3v) is 9.09. The normalized spacial score (nSPS) is 20.7. The first-order valence-corrected chi connectivity index (χ1v) is 15.5. The molecule has 42 heavy (non-hydrogen) atoms. The van der Waals surface area contributed by atoms with Crippen LogP contribution in [0.3, 0.4) is 0 Å². The van der Waals surface area contributed by atoms with Gasteiger partial charge in [0.2, 0.25) is 0 Å². The third-order valence-electron chi connectivity index (χ3n) is 9.09. The molecule has 2 aliphatic heterocycles. The Bertz CT molecular complexity index is 1330. The minimum Gasteiger partial charge on any atom is -0.508 e. The van der Waals surface area contributed by atoms with E-state index in [-0.39, 0.29) is 11.8 Å². The summed E-state index contributed by atoms with van der Waals surface area (Å²) in [6, 6.07) is 21.0. The highest BCUT2D eigenvalue weighted by Crippen LogP contribution is 2.39. The van der Waals surface area contributed by atoms with Gasteiger partial charge in [-0.2, -0.15) is 0 Å². The van der Waals surface area contributed by atoms with Gasteiger partial charge >= 0.3 is 0 Å². The molecular weight excluding hydrogens is 528 g/mol. The Morgan fingerprint density at radius 3 is 2.50 bits per heavy atom. The van der Waals surface area contributed by atoms with Crippen molar-refractivity contribution in [3.05, 3.63) is 82.9 Å². The highest BCUT2D eigenvalue weighted by atomic mass is 16.7. The molecule has 3 aliphatic rings. The maximum absolute atomic E-state index is 9.89. The van der Waals surface area contributed by atoms with Crippen LogP contribution in [0.25, 0.3) is 0 Å². The lowest BCUT2D eigenvalue weighted by Gasteiger charge is -2.37. The van der Waals surface area contributed by atoms with E-state index in [1.54, 1.807) is 13.2 Å². The average Bonchev–Trinajstić information content (AvgIpc) is 3.46. The molecule has 2 saturated heterocycles. The van der Waals surface area contributed by atoms with E-state index in [4.69, 9.17) is 18.9 Å². The summed E-state index contributed by atoms with van der Waals surface area (Å²) in [4.78, 5) is 2.43. The zero-order valence-electron chi connectivity index (χ0n) is 24.9. The standard InChI is InChI=1S/C35H44N2O5/c1-25(21-26-3-9-31(10-4-26)40-18-17-37-15-13-35(14-16-37)41-19-20-42-35)36-34-24-32(39-2)11-12-33(34)29-6-5-28-23-30(38)8-7-27(28)22-29/h3-4,7-12,23-25,29,36,38H,5-6,13-22H2,1-2H3. The Morgan fingerprint density at radius 1 is 0.976 bits per heavy atom. The Hall–Kier alpha value is -3.26. The van der Waals surface area contributed by atoms with Crippen LogP contribution in [-0.4, -0.2) is 68.4 Å². The van der Waals surface area contributed by atoms with Gasteiger partial charge in [-0.15, -0.1) is 0 Å². The molecule has 3 aromatic rings. The molecule has 6 rings (SSSR count). The fourth-order valence-corrected chi connectivity index (χ4v) is 6.74. The smallest absolute Gasteiger partial charge is 0.170 e. The van der Waals surface area contributed by atoms with Gasteiger partial charge in [0.05, 0.1) is 20.3 Å². The van der Waals surface area contributed by atoms with Gasteiger partial charge in [0.1, 0.15) is 23.9 Å². The van der Waals surface area contributed by atoms with Crippen molar-refractivity contribution in [3.63, 3.8) is 0 Å². The van der Waals surface area contributed by atoms with E-state index in [9.17, 15) is 5.11 Å². The first-order chi connectivity index (χ1) is 20.5. The first-order valence-electron chi connectivity index (χ1n) is 15.5. The van der Waals surface area contributed by atoms with Gasteiger partial charge in [-0.3, -0.25) is 4.90 Å². The van der Waals surface area contributed by atoms with Crippen LogP contribution in [0.5, 0.6) is 17.2 Å².